The predicted molar refractivity (Wildman–Crippen MR) is 96.9 cm³/mol. The maximum Gasteiger partial charge on any atom is 0.225 e. The Morgan fingerprint density at radius 2 is 1.88 bits per heavy atom. The molecule has 0 unspecified atom stereocenters. The third-order valence-electron chi connectivity index (χ3n) is 3.79. The molecule has 1 N–H and O–H groups in total. The van der Waals surface area contributed by atoms with Crippen LogP contribution in [0.1, 0.15) is 16.1 Å². The molecule has 0 aliphatic carbocycles. The Balaban J connectivity index is 1.54. The molecule has 0 saturated carbocycles. The van der Waals surface area contributed by atoms with Gasteiger partial charge in [0, 0.05) is 29.4 Å². The van der Waals surface area contributed by atoms with Gasteiger partial charge in [0.25, 0.3) is 0 Å². The molecule has 3 aromatic rings. The molecule has 3 rings (SSSR count). The second kappa shape index (κ2) is 7.98. The van der Waals surface area contributed by atoms with E-state index in [1.54, 1.807) is 24.5 Å². The Morgan fingerprint density at radius 1 is 1.16 bits per heavy atom. The molecule has 25 heavy (non-hydrogen) atoms. The Labute approximate surface area is 149 Å². The summed E-state index contributed by atoms with van der Waals surface area (Å²) in [6, 6.07) is 10.1. The molecule has 128 valence electrons. The predicted octanol–water partition coefficient (Wildman–Crippen LogP) is 3.55. The third-order valence-corrected chi connectivity index (χ3v) is 5.00. The number of benzene rings is 1. The molecule has 0 radical (unpaired) electrons. The fourth-order valence-corrected chi connectivity index (χ4v) is 3.48. The number of pyridine rings is 1. The number of hydrogen-bond donors (Lipinski definition) is 1. The highest BCUT2D eigenvalue weighted by Crippen LogP contribution is 2.27. The van der Waals surface area contributed by atoms with Crippen LogP contribution in [0.3, 0.4) is 0 Å². The lowest BCUT2D eigenvalue weighted by Crippen LogP contribution is -2.27. The fraction of sp³-hybridized carbons (Fsp3) is 0.211. The molecule has 0 fully saturated rings. The second-order valence-electron chi connectivity index (χ2n) is 5.67. The zero-order chi connectivity index (χ0) is 17.6. The highest BCUT2D eigenvalue weighted by molar-refractivity contribution is 7.15. The number of nitrogens with zero attached hydrogens (tertiary/aromatic N) is 2. The molecule has 4 nitrogen and oxygen atoms in total. The van der Waals surface area contributed by atoms with E-state index in [2.05, 4.69) is 15.3 Å². The van der Waals surface area contributed by atoms with Crippen molar-refractivity contribution < 1.29 is 9.18 Å². The number of aryl methyl sites for hydroxylation is 1. The van der Waals surface area contributed by atoms with Crippen LogP contribution in [0.2, 0.25) is 0 Å². The number of nitrogens with one attached hydrogen (secondary N) is 1. The van der Waals surface area contributed by atoms with Crippen molar-refractivity contribution in [2.45, 2.75) is 19.8 Å². The standard InChI is InChI=1S/C19H18FN3OS/c1-13-17(25-19(23-13)15-7-9-21-10-8-15)12-18(24)22-11-6-14-2-4-16(20)5-3-14/h2-5,7-10H,6,11-12H2,1H3,(H,22,24). The second-order valence-corrected chi connectivity index (χ2v) is 6.75. The van der Waals surface area contributed by atoms with Crippen molar-refractivity contribution in [2.24, 2.45) is 0 Å². The highest BCUT2D eigenvalue weighted by atomic mass is 32.1. The summed E-state index contributed by atoms with van der Waals surface area (Å²) < 4.78 is 12.9. The summed E-state index contributed by atoms with van der Waals surface area (Å²) in [5, 5.41) is 3.80. The quantitative estimate of drug-likeness (QED) is 0.736. The fourth-order valence-electron chi connectivity index (χ4n) is 2.42. The molecule has 6 heteroatoms. The minimum atomic E-state index is -0.251. The summed E-state index contributed by atoms with van der Waals surface area (Å²) >= 11 is 1.53. The van der Waals surface area contributed by atoms with E-state index in [1.807, 2.05) is 19.1 Å². The van der Waals surface area contributed by atoms with E-state index in [0.717, 1.165) is 26.7 Å². The van der Waals surface area contributed by atoms with Crippen molar-refractivity contribution in [1.29, 1.82) is 0 Å². The average Bonchev–Trinajstić information content (AvgIpc) is 2.98. The van der Waals surface area contributed by atoms with Gasteiger partial charge in [0.1, 0.15) is 10.8 Å². The molecule has 1 aromatic carbocycles. The molecule has 0 atom stereocenters. The number of halogens is 1. The zero-order valence-electron chi connectivity index (χ0n) is 13.8. The van der Waals surface area contributed by atoms with Crippen molar-refractivity contribution >= 4 is 17.2 Å². The van der Waals surface area contributed by atoms with Crippen LogP contribution in [0.15, 0.2) is 48.8 Å². The lowest BCUT2D eigenvalue weighted by Gasteiger charge is -2.05. The molecular formula is C19H18FN3OS. The monoisotopic (exact) mass is 355 g/mol. The number of amides is 1. The van der Waals surface area contributed by atoms with Gasteiger partial charge in [0.05, 0.1) is 12.1 Å². The SMILES string of the molecule is Cc1nc(-c2ccncc2)sc1CC(=O)NCCc1ccc(F)cc1. The molecule has 2 heterocycles. The van der Waals surface area contributed by atoms with E-state index >= 15 is 0 Å². The van der Waals surface area contributed by atoms with Gasteiger partial charge >= 0.3 is 0 Å². The molecule has 0 saturated heterocycles. The van der Waals surface area contributed by atoms with Crippen LogP contribution in [0.25, 0.3) is 10.6 Å². The summed E-state index contributed by atoms with van der Waals surface area (Å²) in [5.41, 5.74) is 2.88. The summed E-state index contributed by atoms with van der Waals surface area (Å²) in [5.74, 6) is -0.284. The van der Waals surface area contributed by atoms with E-state index in [9.17, 15) is 9.18 Å². The molecule has 0 bridgehead atoms. The largest absolute Gasteiger partial charge is 0.355 e. The maximum absolute atomic E-state index is 12.9. The molecule has 1 amide bonds. The van der Waals surface area contributed by atoms with E-state index in [-0.39, 0.29) is 11.7 Å². The smallest absolute Gasteiger partial charge is 0.225 e. The number of carbonyl (C=O) groups is 1. The first-order valence-electron chi connectivity index (χ1n) is 7.99. The minimum absolute atomic E-state index is 0.0323. The first kappa shape index (κ1) is 17.2. The number of thiazole rings is 1. The summed E-state index contributed by atoms with van der Waals surface area (Å²) in [7, 11) is 0. The van der Waals surface area contributed by atoms with Gasteiger partial charge in [-0.15, -0.1) is 11.3 Å². The maximum atomic E-state index is 12.9. The topological polar surface area (TPSA) is 54.9 Å². The van der Waals surface area contributed by atoms with Crippen molar-refractivity contribution in [1.82, 2.24) is 15.3 Å². The first-order chi connectivity index (χ1) is 12.1. The van der Waals surface area contributed by atoms with Crippen LogP contribution in [0, 0.1) is 12.7 Å². The Morgan fingerprint density at radius 3 is 2.60 bits per heavy atom. The summed E-state index contributed by atoms with van der Waals surface area (Å²) in [4.78, 5) is 21.7. The van der Waals surface area contributed by atoms with E-state index in [4.69, 9.17) is 0 Å². The normalized spacial score (nSPS) is 10.6. The molecule has 0 aliphatic heterocycles. The molecular weight excluding hydrogens is 337 g/mol. The summed E-state index contributed by atoms with van der Waals surface area (Å²) in [6.45, 7) is 2.45. The minimum Gasteiger partial charge on any atom is -0.355 e. The Hall–Kier alpha value is -2.60. The van der Waals surface area contributed by atoms with Crippen LogP contribution in [-0.4, -0.2) is 22.4 Å². The lowest BCUT2D eigenvalue weighted by molar-refractivity contribution is -0.120. The van der Waals surface area contributed by atoms with Gasteiger partial charge < -0.3 is 5.32 Å². The van der Waals surface area contributed by atoms with Crippen molar-refractivity contribution in [3.05, 3.63) is 70.7 Å². The summed E-state index contributed by atoms with van der Waals surface area (Å²) in [6.07, 6.45) is 4.45. The molecule has 0 spiro atoms. The van der Waals surface area contributed by atoms with E-state index < -0.39 is 0 Å². The number of aromatic nitrogens is 2. The Bertz CT molecular complexity index is 847. The number of rotatable bonds is 6. The van der Waals surface area contributed by atoms with Crippen LogP contribution < -0.4 is 5.32 Å². The van der Waals surface area contributed by atoms with E-state index in [0.29, 0.717) is 19.4 Å². The van der Waals surface area contributed by atoms with Crippen molar-refractivity contribution in [3.8, 4) is 10.6 Å². The van der Waals surface area contributed by atoms with Crippen molar-refractivity contribution in [3.63, 3.8) is 0 Å². The molecule has 2 aromatic heterocycles. The zero-order valence-corrected chi connectivity index (χ0v) is 14.6. The first-order valence-corrected chi connectivity index (χ1v) is 8.81. The Kier molecular flexibility index (Phi) is 5.50. The van der Waals surface area contributed by atoms with Crippen molar-refractivity contribution in [2.75, 3.05) is 6.54 Å². The van der Waals surface area contributed by atoms with Gasteiger partial charge in [0.15, 0.2) is 0 Å². The van der Waals surface area contributed by atoms with Crippen LogP contribution >= 0.6 is 11.3 Å². The number of carbonyl (C=O) groups excluding carboxylic acids is 1. The van der Waals surface area contributed by atoms with E-state index in [1.165, 1.54) is 23.5 Å². The van der Waals surface area contributed by atoms with Gasteiger partial charge in [-0.1, -0.05) is 12.1 Å². The van der Waals surface area contributed by atoms with Gasteiger partial charge in [-0.3, -0.25) is 9.78 Å². The van der Waals surface area contributed by atoms with Gasteiger partial charge in [0.2, 0.25) is 5.91 Å². The van der Waals surface area contributed by atoms with Gasteiger partial charge in [-0.05, 0) is 43.2 Å². The molecule has 0 aliphatic rings. The van der Waals surface area contributed by atoms with Gasteiger partial charge in [-0.2, -0.15) is 0 Å². The van der Waals surface area contributed by atoms with Crippen LogP contribution in [0.4, 0.5) is 4.39 Å². The average molecular weight is 355 g/mol. The third kappa shape index (κ3) is 4.70. The lowest BCUT2D eigenvalue weighted by atomic mass is 10.1. The van der Waals surface area contributed by atoms with Gasteiger partial charge in [-0.25, -0.2) is 9.37 Å². The van der Waals surface area contributed by atoms with Crippen LogP contribution in [-0.2, 0) is 17.6 Å². The number of hydrogen-bond acceptors (Lipinski definition) is 4. The highest BCUT2D eigenvalue weighted by Gasteiger charge is 2.12. The van der Waals surface area contributed by atoms with Crippen LogP contribution in [0.5, 0.6) is 0 Å².